The zero-order valence-electron chi connectivity index (χ0n) is 21.0. The monoisotopic (exact) mass is 648 g/mol. The van der Waals surface area contributed by atoms with Crippen LogP contribution in [-0.4, -0.2) is 93.6 Å². The minimum Gasteiger partial charge on any atom is -0.330 e. The van der Waals surface area contributed by atoms with E-state index in [4.69, 9.17) is 9.11 Å². The van der Waals surface area contributed by atoms with Crippen LogP contribution in [0.3, 0.4) is 0 Å². The lowest BCUT2D eigenvalue weighted by molar-refractivity contribution is -0.197. The van der Waals surface area contributed by atoms with Gasteiger partial charge in [0, 0.05) is 24.3 Å². The number of hydrogen-bond acceptors (Lipinski definition) is 14. The first-order valence-electron chi connectivity index (χ1n) is 11.9. The number of hydroxylamine groups is 4. The maximum absolute atomic E-state index is 11.8. The minimum atomic E-state index is -4.78. The fraction of sp³-hybridized carbons (Fsp3) is 0.700. The lowest BCUT2D eigenvalue weighted by Crippen LogP contribution is -2.36. The largest absolute Gasteiger partial charge is 0.333 e. The molecule has 226 valence electrons. The van der Waals surface area contributed by atoms with Crippen molar-refractivity contribution in [2.45, 2.75) is 74.7 Å². The van der Waals surface area contributed by atoms with Gasteiger partial charge in [-0.1, -0.05) is 34.4 Å². The third kappa shape index (κ3) is 10.3. The molecule has 2 fully saturated rings. The van der Waals surface area contributed by atoms with Gasteiger partial charge in [0.05, 0.1) is 12.8 Å². The first-order chi connectivity index (χ1) is 18.6. The molecule has 0 radical (unpaired) electrons. The third-order valence-corrected chi connectivity index (χ3v) is 10.3. The molecular formula is C20H28N2O14S4. The molecule has 0 spiro atoms. The Hall–Kier alpha value is -2.26. The maximum atomic E-state index is 11.8. The molecule has 2 N–H and O–H groups in total. The van der Waals surface area contributed by atoms with Gasteiger partial charge in [-0.15, -0.1) is 10.1 Å². The molecule has 40 heavy (non-hydrogen) atoms. The molecule has 4 amide bonds. The van der Waals surface area contributed by atoms with Crippen LogP contribution < -0.4 is 0 Å². The van der Waals surface area contributed by atoms with Crippen molar-refractivity contribution >= 4 is 77.4 Å². The van der Waals surface area contributed by atoms with E-state index in [1.54, 1.807) is 21.6 Å². The molecule has 0 bridgehead atoms. The summed E-state index contributed by atoms with van der Waals surface area (Å²) in [6.07, 6.45) is 1.94. The second-order valence-electron chi connectivity index (χ2n) is 8.66. The number of nitrogens with zero attached hydrogens (tertiary/aromatic N) is 2. The van der Waals surface area contributed by atoms with Crippen LogP contribution in [-0.2, 0) is 58.7 Å². The molecule has 0 aromatic rings. The minimum absolute atomic E-state index is 0.0768. The topological polar surface area (TPSA) is 236 Å². The quantitative estimate of drug-likeness (QED) is 0.0941. The molecule has 2 unspecified atom stereocenters. The summed E-state index contributed by atoms with van der Waals surface area (Å²) in [5.41, 5.74) is 0. The van der Waals surface area contributed by atoms with Gasteiger partial charge in [-0.25, -0.2) is 9.59 Å². The maximum Gasteiger partial charge on any atom is 0.333 e. The van der Waals surface area contributed by atoms with E-state index in [0.717, 1.165) is 24.3 Å². The summed E-state index contributed by atoms with van der Waals surface area (Å²) in [5.74, 6) is -4.83. The predicted octanol–water partition coefficient (Wildman–Crippen LogP) is 0.436. The molecule has 0 aromatic heterocycles. The van der Waals surface area contributed by atoms with Gasteiger partial charge < -0.3 is 9.68 Å². The Kier molecular flexibility index (Phi) is 12.8. The number of amides is 4. The summed E-state index contributed by atoms with van der Waals surface area (Å²) in [5, 5.41) is -3.78. The first-order valence-corrected chi connectivity index (χ1v) is 17.4. The number of carbonyl (C=O) groups excluding carboxylic acids is 6. The van der Waals surface area contributed by atoms with Gasteiger partial charge in [0.25, 0.3) is 43.9 Å². The molecule has 2 atom stereocenters. The van der Waals surface area contributed by atoms with Crippen LogP contribution in [0.25, 0.3) is 0 Å². The highest BCUT2D eigenvalue weighted by Gasteiger charge is 2.49. The van der Waals surface area contributed by atoms with Crippen LogP contribution in [0.1, 0.15) is 64.2 Å². The Balaban J connectivity index is 1.46. The summed E-state index contributed by atoms with van der Waals surface area (Å²) in [4.78, 5) is 79.9. The lowest BCUT2D eigenvalue weighted by atomic mass is 10.2. The van der Waals surface area contributed by atoms with Crippen LogP contribution in [0, 0.1) is 0 Å². The van der Waals surface area contributed by atoms with Gasteiger partial charge in [0.2, 0.25) is 0 Å². The number of hydrogen-bond donors (Lipinski definition) is 2. The fourth-order valence-electron chi connectivity index (χ4n) is 3.45. The molecule has 2 rings (SSSR count). The highest BCUT2D eigenvalue weighted by atomic mass is 33.1. The molecular weight excluding hydrogens is 620 g/mol. The predicted molar refractivity (Wildman–Crippen MR) is 138 cm³/mol. The number of imide groups is 2. The van der Waals surface area contributed by atoms with Crippen molar-refractivity contribution in [3.05, 3.63) is 0 Å². The van der Waals surface area contributed by atoms with E-state index in [1.807, 2.05) is 0 Å². The molecule has 0 aromatic carbocycles. The van der Waals surface area contributed by atoms with Crippen molar-refractivity contribution in [2.24, 2.45) is 0 Å². The Bertz CT molecular complexity index is 1130. The molecule has 2 aliphatic rings. The van der Waals surface area contributed by atoms with Crippen LogP contribution in [0.5, 0.6) is 0 Å². The summed E-state index contributed by atoms with van der Waals surface area (Å²) < 4.78 is 62.2. The SMILES string of the molecule is O=C(CCCCCSSCCCCCC(=O)ON1C(=O)CC(S(=O)(=O)O)C1=O)ON1C(=O)CC(S(=O)(=O)O)C1=O. The smallest absolute Gasteiger partial charge is 0.330 e. The summed E-state index contributed by atoms with van der Waals surface area (Å²) in [6, 6.07) is 0. The van der Waals surface area contributed by atoms with E-state index in [9.17, 15) is 45.6 Å². The Morgan fingerprint density at radius 2 is 1.02 bits per heavy atom. The standard InChI is InChI=1S/C20H28N2O14S4/c23-15-11-13(39(29,30)31)19(27)21(15)35-17(25)7-3-1-5-9-37-38-10-6-2-4-8-18(26)36-22-16(24)12-14(20(22)28)40(32,33)34/h13-14H,1-12H2,(H,29,30,31)(H,32,33,34). The molecule has 16 nitrogen and oxygen atoms in total. The zero-order valence-corrected chi connectivity index (χ0v) is 24.2. The van der Waals surface area contributed by atoms with E-state index in [2.05, 4.69) is 9.68 Å². The van der Waals surface area contributed by atoms with Crippen molar-refractivity contribution in [3.63, 3.8) is 0 Å². The molecule has 0 saturated carbocycles. The van der Waals surface area contributed by atoms with Crippen molar-refractivity contribution in [2.75, 3.05) is 11.5 Å². The summed E-state index contributed by atoms with van der Waals surface area (Å²) in [6.45, 7) is 0. The number of unbranched alkanes of at least 4 members (excludes halogenated alkanes) is 4. The normalized spacial score (nSPS) is 19.9. The zero-order chi connectivity index (χ0) is 30.1. The lowest BCUT2D eigenvalue weighted by Gasteiger charge is -2.13. The van der Waals surface area contributed by atoms with Gasteiger partial charge >= 0.3 is 11.9 Å². The van der Waals surface area contributed by atoms with Gasteiger partial charge in [0.15, 0.2) is 10.5 Å². The van der Waals surface area contributed by atoms with Crippen molar-refractivity contribution < 1.29 is 64.4 Å². The van der Waals surface area contributed by atoms with E-state index >= 15 is 0 Å². The Morgan fingerprint density at radius 3 is 1.32 bits per heavy atom. The van der Waals surface area contributed by atoms with Crippen LogP contribution in [0.4, 0.5) is 0 Å². The molecule has 2 saturated heterocycles. The second-order valence-corrected chi connectivity index (χ2v) is 14.6. The third-order valence-electron chi connectivity index (χ3n) is 5.53. The second kappa shape index (κ2) is 15.1. The van der Waals surface area contributed by atoms with Gasteiger partial charge in [-0.3, -0.25) is 28.3 Å². The fourth-order valence-corrected chi connectivity index (χ4v) is 7.15. The Labute approximate surface area is 237 Å². The molecule has 0 aliphatic carbocycles. The van der Waals surface area contributed by atoms with Gasteiger partial charge in [-0.2, -0.15) is 16.8 Å². The van der Waals surface area contributed by atoms with E-state index in [-0.39, 0.29) is 23.0 Å². The highest BCUT2D eigenvalue weighted by Crippen LogP contribution is 2.25. The van der Waals surface area contributed by atoms with E-state index in [1.165, 1.54) is 0 Å². The van der Waals surface area contributed by atoms with Crippen LogP contribution >= 0.6 is 21.6 Å². The average molecular weight is 649 g/mol. The molecule has 2 aliphatic heterocycles. The number of rotatable bonds is 17. The summed E-state index contributed by atoms with van der Waals surface area (Å²) >= 11 is 0. The average Bonchev–Trinajstić information content (AvgIpc) is 3.29. The van der Waals surface area contributed by atoms with Gasteiger partial charge in [0.1, 0.15) is 0 Å². The van der Waals surface area contributed by atoms with Crippen LogP contribution in [0.15, 0.2) is 0 Å². The summed E-state index contributed by atoms with van der Waals surface area (Å²) in [7, 11) is -6.34. The van der Waals surface area contributed by atoms with Crippen molar-refractivity contribution in [1.82, 2.24) is 10.1 Å². The van der Waals surface area contributed by atoms with Crippen molar-refractivity contribution in [1.29, 1.82) is 0 Å². The van der Waals surface area contributed by atoms with Crippen molar-refractivity contribution in [3.8, 4) is 0 Å². The number of carbonyl (C=O) groups is 6. The first kappa shape index (κ1) is 33.9. The highest BCUT2D eigenvalue weighted by molar-refractivity contribution is 8.76. The Morgan fingerprint density at radius 1 is 0.675 bits per heavy atom. The van der Waals surface area contributed by atoms with E-state index in [0.29, 0.717) is 25.7 Å². The molecule has 2 heterocycles. The van der Waals surface area contributed by atoms with E-state index < -0.39 is 79.1 Å². The van der Waals surface area contributed by atoms with Crippen LogP contribution in [0.2, 0.25) is 0 Å². The van der Waals surface area contributed by atoms with Gasteiger partial charge in [-0.05, 0) is 25.7 Å². The molecule has 20 heteroatoms.